The van der Waals surface area contributed by atoms with E-state index in [1.54, 1.807) is 26.0 Å². The second-order valence-corrected chi connectivity index (χ2v) is 1.56. The van der Waals surface area contributed by atoms with E-state index in [2.05, 4.69) is 0 Å². The maximum absolute atomic E-state index is 8.39. The summed E-state index contributed by atoms with van der Waals surface area (Å²) in [5.41, 5.74) is 6.49. The monoisotopic (exact) mass is 152 g/mol. The SMILES string of the molecule is C/C=C(N)\C(C#N)=C/C.CC. The summed E-state index contributed by atoms with van der Waals surface area (Å²) < 4.78 is 0. The molecule has 0 aliphatic carbocycles. The van der Waals surface area contributed by atoms with Crippen molar-refractivity contribution in [3.05, 3.63) is 23.4 Å². The van der Waals surface area contributed by atoms with E-state index in [1.165, 1.54) is 0 Å². The van der Waals surface area contributed by atoms with Crippen molar-refractivity contribution in [2.75, 3.05) is 0 Å². The average molecular weight is 152 g/mol. The fraction of sp³-hybridized carbons (Fsp3) is 0.444. The van der Waals surface area contributed by atoms with Crippen LogP contribution in [0.15, 0.2) is 23.4 Å². The van der Waals surface area contributed by atoms with Crippen LogP contribution in [-0.2, 0) is 0 Å². The Bertz CT molecular complexity index is 182. The molecular formula is C9H16N2. The molecule has 0 aromatic heterocycles. The summed E-state index contributed by atoms with van der Waals surface area (Å²) >= 11 is 0. The molecule has 0 bridgehead atoms. The van der Waals surface area contributed by atoms with Crippen molar-refractivity contribution in [3.63, 3.8) is 0 Å². The Morgan fingerprint density at radius 3 is 1.82 bits per heavy atom. The van der Waals surface area contributed by atoms with Crippen LogP contribution in [0.3, 0.4) is 0 Å². The summed E-state index contributed by atoms with van der Waals surface area (Å²) in [5.74, 6) is 0. The largest absolute Gasteiger partial charge is 0.398 e. The number of nitrogens with zero attached hydrogens (tertiary/aromatic N) is 1. The molecule has 0 rings (SSSR count). The van der Waals surface area contributed by atoms with E-state index >= 15 is 0 Å². The molecule has 0 amide bonds. The third kappa shape index (κ3) is 5.23. The molecule has 0 fully saturated rings. The first kappa shape index (κ1) is 12.4. The van der Waals surface area contributed by atoms with Gasteiger partial charge in [0.2, 0.25) is 0 Å². The van der Waals surface area contributed by atoms with Gasteiger partial charge in [0.25, 0.3) is 0 Å². The molecule has 0 aliphatic heterocycles. The Hall–Kier alpha value is -1.23. The summed E-state index contributed by atoms with van der Waals surface area (Å²) in [4.78, 5) is 0. The highest BCUT2D eigenvalue weighted by atomic mass is 14.6. The maximum atomic E-state index is 8.39. The van der Waals surface area contributed by atoms with Crippen molar-refractivity contribution in [2.45, 2.75) is 27.7 Å². The smallest absolute Gasteiger partial charge is 0.101 e. The van der Waals surface area contributed by atoms with Crippen molar-refractivity contribution in [1.82, 2.24) is 0 Å². The number of hydrogen-bond acceptors (Lipinski definition) is 2. The van der Waals surface area contributed by atoms with Gasteiger partial charge in [0, 0.05) is 5.70 Å². The highest BCUT2D eigenvalue weighted by Gasteiger charge is 1.92. The van der Waals surface area contributed by atoms with E-state index in [0.29, 0.717) is 11.3 Å². The number of nitrogens with two attached hydrogens (primary N) is 1. The summed E-state index contributed by atoms with van der Waals surface area (Å²) in [7, 11) is 0. The lowest BCUT2D eigenvalue weighted by Gasteiger charge is -1.92. The Morgan fingerprint density at radius 2 is 1.73 bits per heavy atom. The minimum Gasteiger partial charge on any atom is -0.398 e. The zero-order chi connectivity index (χ0) is 9.28. The molecule has 2 nitrogen and oxygen atoms in total. The molecule has 2 heteroatoms. The van der Waals surface area contributed by atoms with Crippen LogP contribution in [0.1, 0.15) is 27.7 Å². The van der Waals surface area contributed by atoms with Gasteiger partial charge < -0.3 is 5.73 Å². The van der Waals surface area contributed by atoms with Gasteiger partial charge in [-0.3, -0.25) is 0 Å². The van der Waals surface area contributed by atoms with Crippen LogP contribution < -0.4 is 5.73 Å². The van der Waals surface area contributed by atoms with Crippen molar-refractivity contribution in [1.29, 1.82) is 5.26 Å². The number of rotatable bonds is 1. The van der Waals surface area contributed by atoms with Gasteiger partial charge >= 0.3 is 0 Å². The first-order chi connectivity index (χ1) is 5.26. The minimum absolute atomic E-state index is 0.539. The second kappa shape index (κ2) is 8.77. The lowest BCUT2D eigenvalue weighted by molar-refractivity contribution is 1.31. The van der Waals surface area contributed by atoms with E-state index in [9.17, 15) is 0 Å². The van der Waals surface area contributed by atoms with Crippen LogP contribution in [0.25, 0.3) is 0 Å². The van der Waals surface area contributed by atoms with Crippen LogP contribution >= 0.6 is 0 Å². The van der Waals surface area contributed by atoms with Crippen LogP contribution in [0.4, 0.5) is 0 Å². The van der Waals surface area contributed by atoms with Gasteiger partial charge in [-0.05, 0) is 13.8 Å². The molecule has 11 heavy (non-hydrogen) atoms. The Balaban J connectivity index is 0. The highest BCUT2D eigenvalue weighted by molar-refractivity contribution is 5.38. The number of allylic oxidation sites excluding steroid dienone is 3. The first-order valence-corrected chi connectivity index (χ1v) is 3.74. The van der Waals surface area contributed by atoms with Crippen LogP contribution in [-0.4, -0.2) is 0 Å². The minimum atomic E-state index is 0.539. The highest BCUT2D eigenvalue weighted by Crippen LogP contribution is 1.99. The topological polar surface area (TPSA) is 49.8 Å². The molecule has 62 valence electrons. The molecule has 0 aromatic carbocycles. The molecule has 0 radical (unpaired) electrons. The van der Waals surface area contributed by atoms with Gasteiger partial charge in [-0.15, -0.1) is 0 Å². The van der Waals surface area contributed by atoms with Gasteiger partial charge in [-0.2, -0.15) is 5.26 Å². The van der Waals surface area contributed by atoms with E-state index in [0.717, 1.165) is 0 Å². The molecular weight excluding hydrogens is 136 g/mol. The molecule has 0 saturated heterocycles. The van der Waals surface area contributed by atoms with Crippen LogP contribution in [0, 0.1) is 11.3 Å². The maximum Gasteiger partial charge on any atom is 0.101 e. The second-order valence-electron chi connectivity index (χ2n) is 1.56. The molecule has 2 N–H and O–H groups in total. The Labute approximate surface area is 69.0 Å². The fourth-order valence-electron chi connectivity index (χ4n) is 0.451. The summed E-state index contributed by atoms with van der Waals surface area (Å²) in [6.07, 6.45) is 3.40. The Morgan fingerprint density at radius 1 is 1.27 bits per heavy atom. The third-order valence-electron chi connectivity index (χ3n) is 1.03. The average Bonchev–Trinajstić information content (AvgIpc) is 2.10. The lowest BCUT2D eigenvalue weighted by Crippen LogP contribution is -1.97. The number of nitriles is 1. The Kier molecular flexibility index (Phi) is 9.92. The zero-order valence-electron chi connectivity index (χ0n) is 7.68. The number of hydrogen-bond donors (Lipinski definition) is 1. The fourth-order valence-corrected chi connectivity index (χ4v) is 0.451. The van der Waals surface area contributed by atoms with Crippen LogP contribution in [0.5, 0.6) is 0 Å². The molecule has 0 aromatic rings. The van der Waals surface area contributed by atoms with E-state index in [1.807, 2.05) is 19.9 Å². The molecule has 0 spiro atoms. The zero-order valence-corrected chi connectivity index (χ0v) is 7.68. The summed E-state index contributed by atoms with van der Waals surface area (Å²) in [6.45, 7) is 7.59. The van der Waals surface area contributed by atoms with Crippen molar-refractivity contribution in [2.24, 2.45) is 5.73 Å². The van der Waals surface area contributed by atoms with Gasteiger partial charge in [-0.1, -0.05) is 26.0 Å². The van der Waals surface area contributed by atoms with E-state index < -0.39 is 0 Å². The van der Waals surface area contributed by atoms with Crippen molar-refractivity contribution < 1.29 is 0 Å². The molecule has 0 unspecified atom stereocenters. The molecule has 0 atom stereocenters. The summed E-state index contributed by atoms with van der Waals surface area (Å²) in [6, 6.07) is 1.97. The molecule has 0 saturated carbocycles. The van der Waals surface area contributed by atoms with Crippen molar-refractivity contribution in [3.8, 4) is 6.07 Å². The third-order valence-corrected chi connectivity index (χ3v) is 1.03. The standard InChI is InChI=1S/C7H10N2.C2H6/c1-3-6(5-8)7(9)4-2;1-2/h3-4H,9H2,1-2H3;1-2H3/b6-3-,7-4+;. The van der Waals surface area contributed by atoms with Gasteiger partial charge in [0.05, 0.1) is 5.57 Å². The predicted molar refractivity (Wildman–Crippen MR) is 48.7 cm³/mol. The van der Waals surface area contributed by atoms with Crippen molar-refractivity contribution >= 4 is 0 Å². The summed E-state index contributed by atoms with van der Waals surface area (Å²) in [5, 5.41) is 8.39. The van der Waals surface area contributed by atoms with E-state index in [4.69, 9.17) is 11.0 Å². The molecule has 0 heterocycles. The van der Waals surface area contributed by atoms with Gasteiger partial charge in [0.15, 0.2) is 0 Å². The quantitative estimate of drug-likeness (QED) is 0.463. The lowest BCUT2D eigenvalue weighted by atomic mass is 10.2. The normalized spacial score (nSPS) is 11.2. The van der Waals surface area contributed by atoms with Gasteiger partial charge in [0.1, 0.15) is 6.07 Å². The predicted octanol–water partition coefficient (Wildman–Crippen LogP) is 2.34. The van der Waals surface area contributed by atoms with Gasteiger partial charge in [-0.25, -0.2) is 0 Å². The molecule has 0 aliphatic rings. The first-order valence-electron chi connectivity index (χ1n) is 3.74. The van der Waals surface area contributed by atoms with Crippen LogP contribution in [0.2, 0.25) is 0 Å². The van der Waals surface area contributed by atoms with E-state index in [-0.39, 0.29) is 0 Å².